The van der Waals surface area contributed by atoms with Crippen molar-refractivity contribution in [1.29, 1.82) is 0 Å². The zero-order valence-corrected chi connectivity index (χ0v) is 25.4. The van der Waals surface area contributed by atoms with Gasteiger partial charge in [0.05, 0.1) is 6.61 Å². The van der Waals surface area contributed by atoms with Crippen molar-refractivity contribution >= 4 is 17.7 Å². The number of unbranched alkanes of at least 4 members (excludes halogenated alkanes) is 4. The standard InChI is InChI=1S/C33H50N2O4/c1-9-11-12-13-14-22-35(32(37)34-30-28(24(3)4)16-15-17-29(30)25(5)6)23-26-18-20-27(21-19-26)39-33(7,8)31(36)38-10-2/h15-21,24-25H,9-14,22-23H2,1-8H3,(H,34,37). The van der Waals surface area contributed by atoms with Crippen LogP contribution in [-0.4, -0.2) is 35.7 Å². The Kier molecular flexibility index (Phi) is 12.8. The van der Waals surface area contributed by atoms with E-state index in [1.807, 2.05) is 29.2 Å². The maximum absolute atomic E-state index is 13.7. The predicted octanol–water partition coefficient (Wildman–Crippen LogP) is 8.66. The van der Waals surface area contributed by atoms with E-state index in [1.54, 1.807) is 20.8 Å². The number of ether oxygens (including phenoxy) is 2. The molecule has 0 aliphatic rings. The summed E-state index contributed by atoms with van der Waals surface area (Å²) in [6, 6.07) is 13.8. The molecular weight excluding hydrogens is 488 g/mol. The molecular formula is C33H50N2O4. The molecule has 2 amide bonds. The number of carbonyl (C=O) groups is 2. The Balaban J connectivity index is 2.23. The van der Waals surface area contributed by atoms with E-state index in [2.05, 4.69) is 58.1 Å². The highest BCUT2D eigenvalue weighted by atomic mass is 16.6. The molecule has 6 heteroatoms. The lowest BCUT2D eigenvalue weighted by Gasteiger charge is -2.27. The van der Waals surface area contributed by atoms with Gasteiger partial charge in [0.25, 0.3) is 0 Å². The van der Waals surface area contributed by atoms with Gasteiger partial charge in [0.1, 0.15) is 5.75 Å². The van der Waals surface area contributed by atoms with Crippen LogP contribution in [0.5, 0.6) is 5.75 Å². The van der Waals surface area contributed by atoms with Gasteiger partial charge in [0.15, 0.2) is 5.60 Å². The molecule has 0 fully saturated rings. The molecule has 0 radical (unpaired) electrons. The van der Waals surface area contributed by atoms with Crippen LogP contribution in [0.2, 0.25) is 0 Å². The van der Waals surface area contributed by atoms with Crippen molar-refractivity contribution in [2.24, 2.45) is 0 Å². The average Bonchev–Trinajstić information content (AvgIpc) is 2.88. The molecule has 0 heterocycles. The topological polar surface area (TPSA) is 67.9 Å². The van der Waals surface area contributed by atoms with Gasteiger partial charge in [0.2, 0.25) is 0 Å². The van der Waals surface area contributed by atoms with E-state index in [9.17, 15) is 9.59 Å². The number of nitrogens with zero attached hydrogens (tertiary/aromatic N) is 1. The SMILES string of the molecule is CCCCCCCN(Cc1ccc(OC(C)(C)C(=O)OCC)cc1)C(=O)Nc1c(C(C)C)cccc1C(C)C. The molecule has 216 valence electrons. The third-order valence-corrected chi connectivity index (χ3v) is 6.86. The Bertz CT molecular complexity index is 1020. The summed E-state index contributed by atoms with van der Waals surface area (Å²) in [5.41, 5.74) is 3.17. The summed E-state index contributed by atoms with van der Waals surface area (Å²) in [4.78, 5) is 27.8. The Morgan fingerprint density at radius 1 is 0.872 bits per heavy atom. The van der Waals surface area contributed by atoms with Gasteiger partial charge in [-0.15, -0.1) is 0 Å². The lowest BCUT2D eigenvalue weighted by Crippen LogP contribution is -2.39. The number of nitrogens with one attached hydrogen (secondary N) is 1. The van der Waals surface area contributed by atoms with Crippen LogP contribution in [0.25, 0.3) is 0 Å². The molecule has 2 rings (SSSR count). The van der Waals surface area contributed by atoms with Crippen molar-refractivity contribution in [3.05, 3.63) is 59.2 Å². The van der Waals surface area contributed by atoms with E-state index in [4.69, 9.17) is 9.47 Å². The molecule has 2 aromatic carbocycles. The van der Waals surface area contributed by atoms with Crippen LogP contribution < -0.4 is 10.1 Å². The predicted molar refractivity (Wildman–Crippen MR) is 161 cm³/mol. The fraction of sp³-hybridized carbons (Fsp3) is 0.576. The normalized spacial score (nSPS) is 11.5. The maximum atomic E-state index is 13.7. The van der Waals surface area contributed by atoms with Gasteiger partial charge in [-0.25, -0.2) is 9.59 Å². The quantitative estimate of drug-likeness (QED) is 0.182. The number of anilines is 1. The van der Waals surface area contributed by atoms with Crippen molar-refractivity contribution < 1.29 is 19.1 Å². The second kappa shape index (κ2) is 15.5. The second-order valence-electron chi connectivity index (χ2n) is 11.4. The van der Waals surface area contributed by atoms with E-state index >= 15 is 0 Å². The number of hydrogen-bond donors (Lipinski definition) is 1. The highest BCUT2D eigenvalue weighted by Gasteiger charge is 2.31. The summed E-state index contributed by atoms with van der Waals surface area (Å²) >= 11 is 0. The molecule has 0 aromatic heterocycles. The fourth-order valence-electron chi connectivity index (χ4n) is 4.56. The monoisotopic (exact) mass is 538 g/mol. The first-order valence-electron chi connectivity index (χ1n) is 14.6. The third kappa shape index (κ3) is 9.90. The first kappa shape index (κ1) is 32.2. The number of carbonyl (C=O) groups excluding carboxylic acids is 2. The third-order valence-electron chi connectivity index (χ3n) is 6.86. The van der Waals surface area contributed by atoms with Gasteiger partial charge >= 0.3 is 12.0 Å². The number of amides is 2. The largest absolute Gasteiger partial charge is 0.476 e. The van der Waals surface area contributed by atoms with Crippen molar-refractivity contribution in [2.75, 3.05) is 18.5 Å². The molecule has 0 spiro atoms. The molecule has 0 saturated heterocycles. The van der Waals surface area contributed by atoms with Crippen LogP contribution in [0.3, 0.4) is 0 Å². The zero-order valence-electron chi connectivity index (χ0n) is 25.4. The summed E-state index contributed by atoms with van der Waals surface area (Å²) in [6.07, 6.45) is 5.66. The Hall–Kier alpha value is -3.02. The summed E-state index contributed by atoms with van der Waals surface area (Å²) in [7, 11) is 0. The van der Waals surface area contributed by atoms with E-state index in [1.165, 1.54) is 19.3 Å². The van der Waals surface area contributed by atoms with E-state index in [-0.39, 0.29) is 6.03 Å². The van der Waals surface area contributed by atoms with Gasteiger partial charge in [-0.05, 0) is 67.9 Å². The van der Waals surface area contributed by atoms with Crippen LogP contribution >= 0.6 is 0 Å². The minimum atomic E-state index is -1.08. The Morgan fingerprint density at radius 3 is 2.00 bits per heavy atom. The summed E-state index contributed by atoms with van der Waals surface area (Å²) in [5.74, 6) is 0.781. The Morgan fingerprint density at radius 2 is 1.46 bits per heavy atom. The minimum absolute atomic E-state index is 0.0794. The highest BCUT2D eigenvalue weighted by Crippen LogP contribution is 2.33. The number of benzene rings is 2. The van der Waals surface area contributed by atoms with Crippen molar-refractivity contribution in [3.63, 3.8) is 0 Å². The molecule has 0 aliphatic carbocycles. The molecule has 0 aliphatic heterocycles. The average molecular weight is 539 g/mol. The first-order chi connectivity index (χ1) is 18.5. The minimum Gasteiger partial charge on any atom is -0.476 e. The van der Waals surface area contributed by atoms with Gasteiger partial charge in [-0.1, -0.05) is 90.6 Å². The van der Waals surface area contributed by atoms with E-state index in [0.717, 1.165) is 35.2 Å². The lowest BCUT2D eigenvalue weighted by molar-refractivity contribution is -0.158. The molecule has 39 heavy (non-hydrogen) atoms. The summed E-state index contributed by atoms with van der Waals surface area (Å²) < 4.78 is 11.0. The number of hydrogen-bond acceptors (Lipinski definition) is 4. The van der Waals surface area contributed by atoms with Crippen molar-refractivity contribution in [3.8, 4) is 5.75 Å². The van der Waals surface area contributed by atoms with Crippen LogP contribution in [0, 0.1) is 0 Å². The van der Waals surface area contributed by atoms with Gasteiger partial charge in [-0.2, -0.15) is 0 Å². The lowest BCUT2D eigenvalue weighted by atomic mass is 9.93. The van der Waals surface area contributed by atoms with Crippen molar-refractivity contribution in [1.82, 2.24) is 4.90 Å². The number of urea groups is 1. The number of rotatable bonds is 15. The first-order valence-corrected chi connectivity index (χ1v) is 14.6. The molecule has 0 unspecified atom stereocenters. The van der Waals surface area contributed by atoms with Gasteiger partial charge in [0, 0.05) is 18.8 Å². The van der Waals surface area contributed by atoms with Crippen LogP contribution in [0.4, 0.5) is 10.5 Å². The summed E-state index contributed by atoms with van der Waals surface area (Å²) in [5, 5.41) is 3.29. The second-order valence-corrected chi connectivity index (χ2v) is 11.4. The van der Waals surface area contributed by atoms with Gasteiger partial charge < -0.3 is 19.7 Å². The van der Waals surface area contributed by atoms with Crippen LogP contribution in [-0.2, 0) is 16.1 Å². The number of esters is 1. The van der Waals surface area contributed by atoms with Crippen molar-refractivity contribution in [2.45, 2.75) is 111 Å². The highest BCUT2D eigenvalue weighted by molar-refractivity contribution is 5.91. The Labute approximate surface area is 236 Å². The summed E-state index contributed by atoms with van der Waals surface area (Å²) in [6.45, 7) is 17.5. The molecule has 0 atom stereocenters. The molecule has 0 bridgehead atoms. The molecule has 1 N–H and O–H groups in total. The van der Waals surface area contributed by atoms with Gasteiger partial charge in [-0.3, -0.25) is 0 Å². The molecule has 0 saturated carbocycles. The molecule has 2 aromatic rings. The maximum Gasteiger partial charge on any atom is 0.349 e. The van der Waals surface area contributed by atoms with E-state index < -0.39 is 11.6 Å². The zero-order chi connectivity index (χ0) is 29.0. The van der Waals surface area contributed by atoms with Crippen LogP contribution in [0.15, 0.2) is 42.5 Å². The number of para-hydroxylation sites is 1. The van der Waals surface area contributed by atoms with Crippen LogP contribution in [0.1, 0.15) is 116 Å². The van der Waals surface area contributed by atoms with E-state index in [0.29, 0.717) is 37.3 Å². The smallest absolute Gasteiger partial charge is 0.349 e. The fourth-order valence-corrected chi connectivity index (χ4v) is 4.56. The molecule has 6 nitrogen and oxygen atoms in total.